The Morgan fingerprint density at radius 1 is 1.19 bits per heavy atom. The van der Waals surface area contributed by atoms with Crippen molar-refractivity contribution in [2.24, 2.45) is 0 Å². The monoisotopic (exact) mass is 226 g/mol. The molecule has 0 fully saturated rings. The Kier molecular flexibility index (Phi) is 2.18. The number of fused-ring (bicyclic) bond motifs is 1. The topological polar surface area (TPSA) is 25.8 Å². The van der Waals surface area contributed by atoms with E-state index in [-0.39, 0.29) is 0 Å². The SMILES string of the molecule is Cc1cc(-c2nccs2)nc2ccccc12. The minimum atomic E-state index is 0.964. The zero-order valence-corrected chi connectivity index (χ0v) is 9.66. The number of hydrogen-bond donors (Lipinski definition) is 0. The van der Waals surface area contributed by atoms with Gasteiger partial charge in [-0.05, 0) is 24.6 Å². The number of benzene rings is 1. The number of para-hydroxylation sites is 1. The van der Waals surface area contributed by atoms with E-state index in [1.807, 2.05) is 29.8 Å². The van der Waals surface area contributed by atoms with Gasteiger partial charge >= 0.3 is 0 Å². The molecule has 0 aliphatic rings. The summed E-state index contributed by atoms with van der Waals surface area (Å²) in [7, 11) is 0. The zero-order valence-electron chi connectivity index (χ0n) is 8.84. The number of aryl methyl sites for hydroxylation is 1. The fourth-order valence-corrected chi connectivity index (χ4v) is 2.41. The summed E-state index contributed by atoms with van der Waals surface area (Å²) in [6.07, 6.45) is 1.81. The Balaban J connectivity index is 2.29. The largest absolute Gasteiger partial charge is 0.245 e. The van der Waals surface area contributed by atoms with Crippen molar-refractivity contribution in [2.75, 3.05) is 0 Å². The first-order chi connectivity index (χ1) is 7.84. The van der Waals surface area contributed by atoms with Gasteiger partial charge in [0.15, 0.2) is 0 Å². The van der Waals surface area contributed by atoms with E-state index in [2.05, 4.69) is 29.0 Å². The van der Waals surface area contributed by atoms with Crippen LogP contribution in [0.4, 0.5) is 0 Å². The molecular weight excluding hydrogens is 216 g/mol. The molecule has 16 heavy (non-hydrogen) atoms. The number of hydrogen-bond acceptors (Lipinski definition) is 3. The molecule has 0 aliphatic carbocycles. The highest BCUT2D eigenvalue weighted by atomic mass is 32.1. The predicted octanol–water partition coefficient (Wildman–Crippen LogP) is 3.67. The van der Waals surface area contributed by atoms with Crippen molar-refractivity contribution in [3.63, 3.8) is 0 Å². The van der Waals surface area contributed by atoms with Gasteiger partial charge in [-0.2, -0.15) is 0 Å². The summed E-state index contributed by atoms with van der Waals surface area (Å²) in [5, 5.41) is 4.17. The normalized spacial score (nSPS) is 10.8. The maximum absolute atomic E-state index is 4.63. The van der Waals surface area contributed by atoms with Crippen LogP contribution in [0.1, 0.15) is 5.56 Å². The van der Waals surface area contributed by atoms with Crippen molar-refractivity contribution in [1.29, 1.82) is 0 Å². The lowest BCUT2D eigenvalue weighted by Crippen LogP contribution is -1.87. The lowest BCUT2D eigenvalue weighted by atomic mass is 10.1. The molecule has 0 bridgehead atoms. The third-order valence-electron chi connectivity index (χ3n) is 2.57. The minimum Gasteiger partial charge on any atom is -0.245 e. The van der Waals surface area contributed by atoms with Crippen molar-refractivity contribution in [3.05, 3.63) is 47.5 Å². The van der Waals surface area contributed by atoms with Crippen LogP contribution in [-0.2, 0) is 0 Å². The van der Waals surface area contributed by atoms with Crippen molar-refractivity contribution < 1.29 is 0 Å². The molecule has 0 aliphatic heterocycles. The molecule has 1 aromatic carbocycles. The average molecular weight is 226 g/mol. The number of pyridine rings is 1. The summed E-state index contributed by atoms with van der Waals surface area (Å²) in [6.45, 7) is 2.11. The molecule has 3 aromatic rings. The first-order valence-electron chi connectivity index (χ1n) is 5.11. The van der Waals surface area contributed by atoms with Crippen LogP contribution in [0, 0.1) is 6.92 Å². The van der Waals surface area contributed by atoms with Crippen LogP contribution in [-0.4, -0.2) is 9.97 Å². The first kappa shape index (κ1) is 9.48. The maximum Gasteiger partial charge on any atom is 0.141 e. The third kappa shape index (κ3) is 1.49. The van der Waals surface area contributed by atoms with E-state index in [1.165, 1.54) is 10.9 Å². The Bertz CT molecular complexity index is 629. The molecule has 3 rings (SSSR count). The van der Waals surface area contributed by atoms with Crippen molar-refractivity contribution >= 4 is 22.2 Å². The zero-order chi connectivity index (χ0) is 11.0. The smallest absolute Gasteiger partial charge is 0.141 e. The Morgan fingerprint density at radius 3 is 2.88 bits per heavy atom. The molecule has 2 nitrogen and oxygen atoms in total. The standard InChI is InChI=1S/C13H10N2S/c1-9-8-12(13-14-6-7-16-13)15-11-5-3-2-4-10(9)11/h2-8H,1H3. The second kappa shape index (κ2) is 3.68. The van der Waals surface area contributed by atoms with Crippen LogP contribution >= 0.6 is 11.3 Å². The van der Waals surface area contributed by atoms with E-state index in [1.54, 1.807) is 11.3 Å². The molecular formula is C13H10N2S. The summed E-state index contributed by atoms with van der Waals surface area (Å²) in [5.41, 5.74) is 3.25. The molecule has 78 valence electrons. The highest BCUT2D eigenvalue weighted by Gasteiger charge is 2.05. The molecule has 0 saturated carbocycles. The second-order valence-electron chi connectivity index (χ2n) is 3.68. The van der Waals surface area contributed by atoms with E-state index in [4.69, 9.17) is 0 Å². The lowest BCUT2D eigenvalue weighted by Gasteiger charge is -2.03. The van der Waals surface area contributed by atoms with E-state index in [9.17, 15) is 0 Å². The van der Waals surface area contributed by atoms with Crippen LogP contribution in [0.25, 0.3) is 21.6 Å². The summed E-state index contributed by atoms with van der Waals surface area (Å²) in [6, 6.07) is 10.3. The van der Waals surface area contributed by atoms with Gasteiger partial charge in [-0.25, -0.2) is 9.97 Å². The van der Waals surface area contributed by atoms with Gasteiger partial charge in [0.1, 0.15) is 5.01 Å². The minimum absolute atomic E-state index is 0.964. The highest BCUT2D eigenvalue weighted by Crippen LogP contribution is 2.25. The maximum atomic E-state index is 4.63. The Morgan fingerprint density at radius 2 is 2.06 bits per heavy atom. The number of nitrogens with zero attached hydrogens (tertiary/aromatic N) is 2. The molecule has 0 spiro atoms. The van der Waals surface area contributed by atoms with Gasteiger partial charge in [0.2, 0.25) is 0 Å². The molecule has 0 N–H and O–H groups in total. The molecule has 2 heterocycles. The summed E-state index contributed by atoms with van der Waals surface area (Å²) < 4.78 is 0. The lowest BCUT2D eigenvalue weighted by molar-refractivity contribution is 1.32. The number of rotatable bonds is 1. The summed E-state index contributed by atoms with van der Waals surface area (Å²) in [4.78, 5) is 8.92. The van der Waals surface area contributed by atoms with Gasteiger partial charge in [0, 0.05) is 17.0 Å². The second-order valence-corrected chi connectivity index (χ2v) is 4.57. The molecule has 2 aromatic heterocycles. The highest BCUT2D eigenvalue weighted by molar-refractivity contribution is 7.13. The third-order valence-corrected chi connectivity index (χ3v) is 3.37. The predicted molar refractivity (Wildman–Crippen MR) is 67.6 cm³/mol. The number of aromatic nitrogens is 2. The van der Waals surface area contributed by atoms with Gasteiger partial charge in [-0.1, -0.05) is 18.2 Å². The van der Waals surface area contributed by atoms with Gasteiger partial charge in [-0.15, -0.1) is 11.3 Å². The average Bonchev–Trinajstić information content (AvgIpc) is 2.82. The molecule has 0 radical (unpaired) electrons. The fraction of sp³-hybridized carbons (Fsp3) is 0.0769. The molecule has 3 heteroatoms. The molecule has 0 unspecified atom stereocenters. The van der Waals surface area contributed by atoms with E-state index in [0.717, 1.165) is 16.2 Å². The quantitative estimate of drug-likeness (QED) is 0.632. The van der Waals surface area contributed by atoms with Crippen molar-refractivity contribution in [1.82, 2.24) is 9.97 Å². The van der Waals surface area contributed by atoms with Gasteiger partial charge < -0.3 is 0 Å². The number of thiazole rings is 1. The fourth-order valence-electron chi connectivity index (χ4n) is 1.81. The van der Waals surface area contributed by atoms with E-state index in [0.29, 0.717) is 0 Å². The first-order valence-corrected chi connectivity index (χ1v) is 5.99. The van der Waals surface area contributed by atoms with Crippen molar-refractivity contribution in [2.45, 2.75) is 6.92 Å². The van der Waals surface area contributed by atoms with Gasteiger partial charge in [-0.3, -0.25) is 0 Å². The van der Waals surface area contributed by atoms with Crippen LogP contribution < -0.4 is 0 Å². The summed E-state index contributed by atoms with van der Waals surface area (Å²) in [5.74, 6) is 0. The van der Waals surface area contributed by atoms with Gasteiger partial charge in [0.05, 0.1) is 11.2 Å². The molecule has 0 amide bonds. The molecule has 0 saturated heterocycles. The summed E-state index contributed by atoms with van der Waals surface area (Å²) >= 11 is 1.62. The van der Waals surface area contributed by atoms with Crippen LogP contribution in [0.2, 0.25) is 0 Å². The van der Waals surface area contributed by atoms with Gasteiger partial charge in [0.25, 0.3) is 0 Å². The van der Waals surface area contributed by atoms with E-state index >= 15 is 0 Å². The van der Waals surface area contributed by atoms with E-state index < -0.39 is 0 Å². The van der Waals surface area contributed by atoms with Crippen LogP contribution in [0.3, 0.4) is 0 Å². The Hall–Kier alpha value is -1.74. The van der Waals surface area contributed by atoms with Crippen molar-refractivity contribution in [3.8, 4) is 10.7 Å². The molecule has 0 atom stereocenters. The van der Waals surface area contributed by atoms with Crippen LogP contribution in [0.15, 0.2) is 41.9 Å². The van der Waals surface area contributed by atoms with Crippen LogP contribution in [0.5, 0.6) is 0 Å². The Labute approximate surface area is 97.6 Å².